The van der Waals surface area contributed by atoms with Crippen LogP contribution in [-0.4, -0.2) is 12.6 Å². The standard InChI is InChI=1S/C18H27F2N/c1-14(2)21-12-11-18(8-3-4-9-18)10-7-15-5-6-16(19)13-17(15)20/h5-6,13-14,21H,3-4,7-12H2,1-2H3. The third-order valence-corrected chi connectivity index (χ3v) is 4.81. The molecule has 0 unspecified atom stereocenters. The first-order valence-corrected chi connectivity index (χ1v) is 8.18. The minimum atomic E-state index is -0.493. The lowest BCUT2D eigenvalue weighted by atomic mass is 9.77. The van der Waals surface area contributed by atoms with Crippen LogP contribution in [-0.2, 0) is 6.42 Å². The summed E-state index contributed by atoms with van der Waals surface area (Å²) < 4.78 is 26.7. The van der Waals surface area contributed by atoms with Crippen molar-refractivity contribution in [2.45, 2.75) is 64.8 Å². The number of aryl methyl sites for hydroxylation is 1. The van der Waals surface area contributed by atoms with E-state index in [0.29, 0.717) is 23.4 Å². The van der Waals surface area contributed by atoms with Gasteiger partial charge in [0.05, 0.1) is 0 Å². The van der Waals surface area contributed by atoms with E-state index in [9.17, 15) is 8.78 Å². The molecule has 0 radical (unpaired) electrons. The molecule has 0 saturated heterocycles. The molecule has 1 N–H and O–H groups in total. The highest BCUT2D eigenvalue weighted by atomic mass is 19.1. The van der Waals surface area contributed by atoms with Crippen molar-refractivity contribution < 1.29 is 8.78 Å². The van der Waals surface area contributed by atoms with Crippen LogP contribution in [0, 0.1) is 17.0 Å². The maximum Gasteiger partial charge on any atom is 0.129 e. The zero-order valence-electron chi connectivity index (χ0n) is 13.2. The molecule has 1 aromatic rings. The first-order chi connectivity index (χ1) is 10.0. The predicted octanol–water partition coefficient (Wildman–Crippen LogP) is 4.85. The summed E-state index contributed by atoms with van der Waals surface area (Å²) in [5.41, 5.74) is 1.00. The first kappa shape index (κ1) is 16.4. The van der Waals surface area contributed by atoms with Gasteiger partial charge in [0.1, 0.15) is 11.6 Å². The van der Waals surface area contributed by atoms with Crippen LogP contribution in [0.1, 0.15) is 57.9 Å². The second kappa shape index (κ2) is 7.35. The smallest absolute Gasteiger partial charge is 0.129 e. The third-order valence-electron chi connectivity index (χ3n) is 4.81. The molecule has 1 fully saturated rings. The summed E-state index contributed by atoms with van der Waals surface area (Å²) in [4.78, 5) is 0. The number of halogens is 2. The molecule has 0 amide bonds. The number of hydrogen-bond donors (Lipinski definition) is 1. The molecule has 0 aliphatic heterocycles. The van der Waals surface area contributed by atoms with Gasteiger partial charge in [0.15, 0.2) is 0 Å². The molecule has 1 saturated carbocycles. The molecule has 118 valence electrons. The van der Waals surface area contributed by atoms with Gasteiger partial charge in [-0.3, -0.25) is 0 Å². The van der Waals surface area contributed by atoms with Crippen LogP contribution >= 0.6 is 0 Å². The molecular formula is C18H27F2N. The minimum Gasteiger partial charge on any atom is -0.315 e. The Bertz CT molecular complexity index is 451. The fourth-order valence-electron chi connectivity index (χ4n) is 3.50. The SMILES string of the molecule is CC(C)NCCC1(CCc2ccc(F)cc2F)CCCC1. The Morgan fingerprint density at radius 1 is 1.14 bits per heavy atom. The number of hydrogen-bond acceptors (Lipinski definition) is 1. The van der Waals surface area contributed by atoms with Crippen molar-refractivity contribution in [3.8, 4) is 0 Å². The molecule has 1 aliphatic rings. The average Bonchev–Trinajstić information content (AvgIpc) is 2.86. The van der Waals surface area contributed by atoms with E-state index in [1.54, 1.807) is 6.07 Å². The Balaban J connectivity index is 1.93. The molecule has 1 aliphatic carbocycles. The summed E-state index contributed by atoms with van der Waals surface area (Å²) in [6.07, 6.45) is 7.95. The van der Waals surface area contributed by atoms with Crippen molar-refractivity contribution in [1.29, 1.82) is 0 Å². The highest BCUT2D eigenvalue weighted by Gasteiger charge is 2.33. The van der Waals surface area contributed by atoms with Crippen LogP contribution < -0.4 is 5.32 Å². The van der Waals surface area contributed by atoms with E-state index in [4.69, 9.17) is 0 Å². The quantitative estimate of drug-likeness (QED) is 0.758. The lowest BCUT2D eigenvalue weighted by molar-refractivity contribution is 0.242. The Labute approximate surface area is 127 Å². The molecule has 2 rings (SSSR count). The summed E-state index contributed by atoms with van der Waals surface area (Å²) in [6.45, 7) is 5.36. The molecule has 0 aromatic heterocycles. The monoisotopic (exact) mass is 295 g/mol. The molecular weight excluding hydrogens is 268 g/mol. The van der Waals surface area contributed by atoms with Gasteiger partial charge in [0.2, 0.25) is 0 Å². The Kier molecular flexibility index (Phi) is 5.74. The van der Waals surface area contributed by atoms with Gasteiger partial charge in [0, 0.05) is 12.1 Å². The van der Waals surface area contributed by atoms with Gasteiger partial charge >= 0.3 is 0 Å². The fraction of sp³-hybridized carbons (Fsp3) is 0.667. The van der Waals surface area contributed by atoms with Crippen LogP contribution in [0.5, 0.6) is 0 Å². The van der Waals surface area contributed by atoms with Crippen LogP contribution in [0.4, 0.5) is 8.78 Å². The van der Waals surface area contributed by atoms with Crippen LogP contribution in [0.15, 0.2) is 18.2 Å². The summed E-state index contributed by atoms with van der Waals surface area (Å²) in [6, 6.07) is 4.47. The van der Waals surface area contributed by atoms with Crippen LogP contribution in [0.3, 0.4) is 0 Å². The van der Waals surface area contributed by atoms with E-state index in [1.165, 1.54) is 31.7 Å². The number of rotatable bonds is 7. The predicted molar refractivity (Wildman–Crippen MR) is 83.3 cm³/mol. The van der Waals surface area contributed by atoms with E-state index in [1.807, 2.05) is 0 Å². The van der Waals surface area contributed by atoms with Gasteiger partial charge in [0.25, 0.3) is 0 Å². The Morgan fingerprint density at radius 2 is 1.86 bits per heavy atom. The molecule has 1 nitrogen and oxygen atoms in total. The second-order valence-electron chi connectivity index (χ2n) is 6.80. The molecule has 1 aromatic carbocycles. The van der Waals surface area contributed by atoms with Crippen LogP contribution in [0.25, 0.3) is 0 Å². The number of nitrogens with one attached hydrogen (secondary N) is 1. The van der Waals surface area contributed by atoms with E-state index >= 15 is 0 Å². The van der Waals surface area contributed by atoms with Gasteiger partial charge in [-0.25, -0.2) is 8.78 Å². The van der Waals surface area contributed by atoms with Crippen molar-refractivity contribution in [2.24, 2.45) is 5.41 Å². The summed E-state index contributed by atoms with van der Waals surface area (Å²) >= 11 is 0. The zero-order chi connectivity index (χ0) is 15.3. The van der Waals surface area contributed by atoms with E-state index < -0.39 is 11.6 Å². The molecule has 3 heteroatoms. The zero-order valence-corrected chi connectivity index (χ0v) is 13.2. The van der Waals surface area contributed by atoms with Gasteiger partial charge < -0.3 is 5.32 Å². The molecule has 0 atom stereocenters. The van der Waals surface area contributed by atoms with Crippen molar-refractivity contribution in [2.75, 3.05) is 6.54 Å². The van der Waals surface area contributed by atoms with Crippen molar-refractivity contribution in [1.82, 2.24) is 5.32 Å². The molecule has 0 bridgehead atoms. The van der Waals surface area contributed by atoms with Crippen LogP contribution in [0.2, 0.25) is 0 Å². The highest BCUT2D eigenvalue weighted by Crippen LogP contribution is 2.44. The maximum absolute atomic E-state index is 13.8. The van der Waals surface area contributed by atoms with E-state index in [2.05, 4.69) is 19.2 Å². The Hall–Kier alpha value is -0.960. The number of benzene rings is 1. The summed E-state index contributed by atoms with van der Waals surface area (Å²) in [5, 5.41) is 3.49. The van der Waals surface area contributed by atoms with Crippen molar-refractivity contribution in [3.63, 3.8) is 0 Å². The summed E-state index contributed by atoms with van der Waals surface area (Å²) in [5.74, 6) is -0.892. The second-order valence-corrected chi connectivity index (χ2v) is 6.80. The van der Waals surface area contributed by atoms with Gasteiger partial charge in [-0.1, -0.05) is 32.8 Å². The van der Waals surface area contributed by atoms with Crippen molar-refractivity contribution >= 4 is 0 Å². The normalized spacial score (nSPS) is 17.6. The molecule has 0 heterocycles. The van der Waals surface area contributed by atoms with E-state index in [-0.39, 0.29) is 0 Å². The topological polar surface area (TPSA) is 12.0 Å². The lowest BCUT2D eigenvalue weighted by Crippen LogP contribution is -2.29. The van der Waals surface area contributed by atoms with E-state index in [0.717, 1.165) is 25.5 Å². The Morgan fingerprint density at radius 3 is 2.48 bits per heavy atom. The first-order valence-electron chi connectivity index (χ1n) is 8.18. The third kappa shape index (κ3) is 4.77. The highest BCUT2D eigenvalue weighted by molar-refractivity contribution is 5.19. The molecule has 21 heavy (non-hydrogen) atoms. The van der Waals surface area contributed by atoms with Crippen molar-refractivity contribution in [3.05, 3.63) is 35.4 Å². The van der Waals surface area contributed by atoms with Gasteiger partial charge in [-0.2, -0.15) is 0 Å². The van der Waals surface area contributed by atoms with Gasteiger partial charge in [-0.05, 0) is 55.7 Å². The molecule has 0 spiro atoms. The average molecular weight is 295 g/mol. The fourth-order valence-corrected chi connectivity index (χ4v) is 3.50. The lowest BCUT2D eigenvalue weighted by Gasteiger charge is -2.30. The largest absolute Gasteiger partial charge is 0.315 e. The summed E-state index contributed by atoms with van der Waals surface area (Å²) in [7, 11) is 0. The van der Waals surface area contributed by atoms with Gasteiger partial charge in [-0.15, -0.1) is 0 Å². The maximum atomic E-state index is 13.8. The minimum absolute atomic E-state index is 0.350.